The normalized spacial score (nSPS) is 21.7. The fraction of sp³-hybridized carbons (Fsp3) is 0.435. The molecule has 0 unspecified atom stereocenters. The molecule has 4 rings (SSSR count). The number of phenolic OH excluding ortho intramolecular Hbond substituents is 1. The molecule has 2 bridgehead atoms. The number of amides is 1. The number of nitrogens with zero attached hydrogens (tertiary/aromatic N) is 1. The van der Waals surface area contributed by atoms with E-state index in [0.717, 1.165) is 29.9 Å². The number of benzene rings is 2. The lowest BCUT2D eigenvalue weighted by Gasteiger charge is -2.35. The average Bonchev–Trinajstić information content (AvgIpc) is 3.05. The van der Waals surface area contributed by atoms with E-state index in [2.05, 4.69) is 21.6 Å². The Hall–Kier alpha value is -2.73. The summed E-state index contributed by atoms with van der Waals surface area (Å²) in [7, 11) is 1.55. The van der Waals surface area contributed by atoms with Gasteiger partial charge in [-0.1, -0.05) is 6.07 Å². The van der Waals surface area contributed by atoms with E-state index in [1.165, 1.54) is 12.8 Å². The van der Waals surface area contributed by atoms with Crippen molar-refractivity contribution in [2.75, 3.05) is 25.1 Å². The van der Waals surface area contributed by atoms with Gasteiger partial charge in [0.05, 0.1) is 13.2 Å². The largest absolute Gasteiger partial charge is 0.508 e. The van der Waals surface area contributed by atoms with Gasteiger partial charge >= 0.3 is 0 Å². The van der Waals surface area contributed by atoms with Crippen molar-refractivity contribution in [1.29, 1.82) is 0 Å². The van der Waals surface area contributed by atoms with Crippen LogP contribution in [0.2, 0.25) is 0 Å². The van der Waals surface area contributed by atoms with E-state index < -0.39 is 0 Å². The van der Waals surface area contributed by atoms with Gasteiger partial charge in [0, 0.05) is 42.5 Å². The van der Waals surface area contributed by atoms with Crippen LogP contribution in [-0.2, 0) is 0 Å². The molecule has 2 heterocycles. The summed E-state index contributed by atoms with van der Waals surface area (Å²) in [4.78, 5) is 15.4. The zero-order chi connectivity index (χ0) is 20.5. The van der Waals surface area contributed by atoms with Crippen LogP contribution in [0, 0.1) is 6.92 Å². The molecule has 154 valence electrons. The van der Waals surface area contributed by atoms with Crippen molar-refractivity contribution in [1.82, 2.24) is 10.6 Å². The monoisotopic (exact) mass is 395 g/mol. The number of fused-ring (bicyclic) bond motifs is 2. The minimum atomic E-state index is -0.262. The van der Waals surface area contributed by atoms with Crippen LogP contribution < -0.4 is 20.3 Å². The number of nitrogens with one attached hydrogen (secondary N) is 2. The van der Waals surface area contributed by atoms with Crippen LogP contribution in [0.15, 0.2) is 36.4 Å². The van der Waals surface area contributed by atoms with Crippen molar-refractivity contribution in [2.24, 2.45) is 0 Å². The maximum atomic E-state index is 13.0. The first kappa shape index (κ1) is 19.6. The Bertz CT molecular complexity index is 902. The van der Waals surface area contributed by atoms with Crippen molar-refractivity contribution in [2.45, 2.75) is 44.8 Å². The lowest BCUT2D eigenvalue weighted by atomic mass is 10.0. The van der Waals surface area contributed by atoms with Gasteiger partial charge in [-0.25, -0.2) is 0 Å². The number of phenols is 1. The lowest BCUT2D eigenvalue weighted by molar-refractivity contribution is 0.0939. The van der Waals surface area contributed by atoms with Crippen molar-refractivity contribution < 1.29 is 14.6 Å². The van der Waals surface area contributed by atoms with Gasteiger partial charge < -0.3 is 25.4 Å². The first-order valence-electron chi connectivity index (χ1n) is 10.2. The molecule has 2 aromatic rings. The quantitative estimate of drug-likeness (QED) is 0.725. The summed E-state index contributed by atoms with van der Waals surface area (Å²) < 4.78 is 5.22. The number of anilines is 1. The minimum Gasteiger partial charge on any atom is -0.508 e. The van der Waals surface area contributed by atoms with E-state index in [4.69, 9.17) is 4.74 Å². The molecule has 2 aromatic carbocycles. The maximum absolute atomic E-state index is 13.0. The van der Waals surface area contributed by atoms with Gasteiger partial charge in [-0.05, 0) is 62.1 Å². The highest BCUT2D eigenvalue weighted by Crippen LogP contribution is 2.28. The fourth-order valence-electron chi connectivity index (χ4n) is 4.39. The van der Waals surface area contributed by atoms with Gasteiger partial charge in [-0.2, -0.15) is 0 Å². The Morgan fingerprint density at radius 1 is 1.21 bits per heavy atom. The standard InChI is InChI=1S/C23H29N3O3/c1-14-4-7-19(26-12-17-5-6-18(13-26)25-17)10-22(14)23(28)24-15(2)16-8-20(27)11-21(9-16)29-3/h4,7-11,15,17-18,25,27H,5-6,12-13H2,1-3H3,(H,24,28)/t15-,17-,18+/m1/s1. The Balaban J connectivity index is 1.51. The Morgan fingerprint density at radius 3 is 2.62 bits per heavy atom. The van der Waals surface area contributed by atoms with E-state index in [-0.39, 0.29) is 17.7 Å². The van der Waals surface area contributed by atoms with Crippen LogP contribution in [0.3, 0.4) is 0 Å². The van der Waals surface area contributed by atoms with Gasteiger partial charge in [0.2, 0.25) is 0 Å². The summed E-state index contributed by atoms with van der Waals surface area (Å²) in [5, 5.41) is 16.6. The van der Waals surface area contributed by atoms with Gasteiger partial charge in [-0.3, -0.25) is 4.79 Å². The highest BCUT2D eigenvalue weighted by molar-refractivity contribution is 5.96. The Labute approximate surface area is 171 Å². The summed E-state index contributed by atoms with van der Waals surface area (Å²) in [5.74, 6) is 0.567. The third kappa shape index (κ3) is 4.17. The molecule has 0 saturated carbocycles. The maximum Gasteiger partial charge on any atom is 0.252 e. The zero-order valence-corrected chi connectivity index (χ0v) is 17.2. The van der Waals surface area contributed by atoms with E-state index in [0.29, 0.717) is 23.4 Å². The average molecular weight is 396 g/mol. The molecule has 29 heavy (non-hydrogen) atoms. The molecule has 2 fully saturated rings. The number of aryl methyl sites for hydroxylation is 1. The van der Waals surface area contributed by atoms with Gasteiger partial charge in [0.25, 0.3) is 5.91 Å². The summed E-state index contributed by atoms with van der Waals surface area (Å²) in [6.45, 7) is 5.84. The number of carbonyl (C=O) groups is 1. The minimum absolute atomic E-state index is 0.114. The number of hydrogen-bond acceptors (Lipinski definition) is 5. The van der Waals surface area contributed by atoms with Gasteiger partial charge in [0.15, 0.2) is 0 Å². The van der Waals surface area contributed by atoms with Crippen LogP contribution in [-0.4, -0.2) is 43.3 Å². The number of piperazine rings is 1. The number of rotatable bonds is 5. The van der Waals surface area contributed by atoms with Crippen LogP contribution in [0.4, 0.5) is 5.69 Å². The molecule has 0 radical (unpaired) electrons. The number of hydrogen-bond donors (Lipinski definition) is 3. The smallest absolute Gasteiger partial charge is 0.252 e. The third-order valence-corrected chi connectivity index (χ3v) is 6.04. The van der Waals surface area contributed by atoms with E-state index in [1.807, 2.05) is 32.0 Å². The topological polar surface area (TPSA) is 73.8 Å². The summed E-state index contributed by atoms with van der Waals surface area (Å²) in [5.41, 5.74) is 3.53. The molecule has 2 aliphatic rings. The van der Waals surface area contributed by atoms with Crippen LogP contribution in [0.1, 0.15) is 47.3 Å². The molecule has 6 heteroatoms. The predicted molar refractivity (Wildman–Crippen MR) is 114 cm³/mol. The Morgan fingerprint density at radius 2 is 1.93 bits per heavy atom. The SMILES string of the molecule is COc1cc(O)cc([C@@H](C)NC(=O)c2cc(N3C[C@H]4CC[C@@H](C3)N4)ccc2C)c1. The van der Waals surface area contributed by atoms with E-state index in [9.17, 15) is 9.90 Å². The highest BCUT2D eigenvalue weighted by atomic mass is 16.5. The zero-order valence-electron chi connectivity index (χ0n) is 17.2. The molecule has 0 aromatic heterocycles. The van der Waals surface area contributed by atoms with Crippen molar-refractivity contribution in [3.8, 4) is 11.5 Å². The molecule has 0 spiro atoms. The molecular formula is C23H29N3O3. The number of aromatic hydroxyl groups is 1. The van der Waals surface area contributed by atoms with E-state index in [1.54, 1.807) is 19.2 Å². The van der Waals surface area contributed by atoms with Crippen LogP contribution in [0.25, 0.3) is 0 Å². The number of carbonyl (C=O) groups excluding carboxylic acids is 1. The molecule has 2 saturated heterocycles. The number of ether oxygens (including phenoxy) is 1. The van der Waals surface area contributed by atoms with Crippen LogP contribution in [0.5, 0.6) is 11.5 Å². The molecule has 3 N–H and O–H groups in total. The molecule has 3 atom stereocenters. The second kappa shape index (κ2) is 7.95. The first-order chi connectivity index (χ1) is 13.9. The molecule has 2 aliphatic heterocycles. The van der Waals surface area contributed by atoms with Gasteiger partial charge in [0.1, 0.15) is 11.5 Å². The fourth-order valence-corrected chi connectivity index (χ4v) is 4.39. The second-order valence-corrected chi connectivity index (χ2v) is 8.20. The highest BCUT2D eigenvalue weighted by Gasteiger charge is 2.32. The van der Waals surface area contributed by atoms with E-state index >= 15 is 0 Å². The van der Waals surface area contributed by atoms with Crippen molar-refractivity contribution >= 4 is 11.6 Å². The lowest BCUT2D eigenvalue weighted by Crippen LogP contribution is -2.51. The number of methoxy groups -OCH3 is 1. The van der Waals surface area contributed by atoms with Crippen molar-refractivity contribution in [3.05, 3.63) is 53.1 Å². The Kier molecular flexibility index (Phi) is 5.37. The predicted octanol–water partition coefficient (Wildman–Crippen LogP) is 3.14. The molecule has 0 aliphatic carbocycles. The molecule has 6 nitrogen and oxygen atoms in total. The van der Waals surface area contributed by atoms with Crippen molar-refractivity contribution in [3.63, 3.8) is 0 Å². The molecular weight excluding hydrogens is 366 g/mol. The summed E-state index contributed by atoms with van der Waals surface area (Å²) in [6.07, 6.45) is 2.45. The molecule has 1 amide bonds. The van der Waals surface area contributed by atoms with Gasteiger partial charge in [-0.15, -0.1) is 0 Å². The third-order valence-electron chi connectivity index (χ3n) is 6.04. The second-order valence-electron chi connectivity index (χ2n) is 8.20. The summed E-state index contributed by atoms with van der Waals surface area (Å²) >= 11 is 0. The first-order valence-corrected chi connectivity index (χ1v) is 10.2. The summed E-state index contributed by atoms with van der Waals surface area (Å²) in [6, 6.07) is 12.0. The van der Waals surface area contributed by atoms with Crippen LogP contribution >= 0.6 is 0 Å².